The number of carbonyl (C=O) groups excluding carboxylic acids is 1. The number of aromatic hydroxyl groups is 1. The average Bonchev–Trinajstić information content (AvgIpc) is 2.72. The third-order valence-electron chi connectivity index (χ3n) is 2.44. The first-order valence-corrected chi connectivity index (χ1v) is 5.31. The van der Waals surface area contributed by atoms with Gasteiger partial charge in [-0.05, 0) is 13.8 Å². The molecule has 0 bridgehead atoms. The fraction of sp³-hybridized carbons (Fsp3) is 0.364. The normalized spacial score (nSPS) is 10.7. The number of fused-ring (bicyclic) bond motifs is 1. The summed E-state index contributed by atoms with van der Waals surface area (Å²) in [4.78, 5) is 15.6. The van der Waals surface area contributed by atoms with E-state index in [-0.39, 0.29) is 18.3 Å². The summed E-state index contributed by atoms with van der Waals surface area (Å²) >= 11 is 0. The summed E-state index contributed by atoms with van der Waals surface area (Å²) in [6.45, 7) is 3.79. The Kier molecular flexibility index (Phi) is 2.95. The molecule has 2 heterocycles. The van der Waals surface area contributed by atoms with Crippen molar-refractivity contribution in [3.05, 3.63) is 23.5 Å². The molecule has 0 saturated carbocycles. The minimum Gasteiger partial charge on any atom is -0.493 e. The third-order valence-corrected chi connectivity index (χ3v) is 2.44. The lowest BCUT2D eigenvalue weighted by molar-refractivity contribution is -0.142. The Hall–Kier alpha value is -2.11. The van der Waals surface area contributed by atoms with Crippen LogP contribution in [0.25, 0.3) is 5.65 Å². The zero-order valence-electron chi connectivity index (χ0n) is 9.67. The molecule has 0 aliphatic heterocycles. The fourth-order valence-corrected chi connectivity index (χ4v) is 1.64. The molecule has 0 atom stereocenters. The van der Waals surface area contributed by atoms with Gasteiger partial charge < -0.3 is 9.84 Å². The minimum absolute atomic E-state index is 0.00565. The molecule has 2 aromatic rings. The van der Waals surface area contributed by atoms with E-state index in [9.17, 15) is 9.90 Å². The van der Waals surface area contributed by atoms with Crippen molar-refractivity contribution in [2.24, 2.45) is 0 Å². The predicted octanol–water partition coefficient (Wildman–Crippen LogP) is 0.849. The second-order valence-corrected chi connectivity index (χ2v) is 3.58. The van der Waals surface area contributed by atoms with Crippen molar-refractivity contribution in [1.82, 2.24) is 14.6 Å². The van der Waals surface area contributed by atoms with Crippen molar-refractivity contribution in [3.63, 3.8) is 0 Å². The summed E-state index contributed by atoms with van der Waals surface area (Å²) in [5.74, 6) is -0.454. The Morgan fingerprint density at radius 3 is 3.06 bits per heavy atom. The molecular formula is C11H13N3O3. The van der Waals surface area contributed by atoms with Crippen LogP contribution in [0.5, 0.6) is 5.88 Å². The van der Waals surface area contributed by atoms with Crippen LogP contribution >= 0.6 is 0 Å². The van der Waals surface area contributed by atoms with E-state index in [2.05, 4.69) is 10.1 Å². The van der Waals surface area contributed by atoms with E-state index < -0.39 is 0 Å². The molecule has 6 nitrogen and oxygen atoms in total. The van der Waals surface area contributed by atoms with Gasteiger partial charge >= 0.3 is 5.97 Å². The van der Waals surface area contributed by atoms with Crippen molar-refractivity contribution in [2.75, 3.05) is 6.61 Å². The van der Waals surface area contributed by atoms with Crippen LogP contribution < -0.4 is 0 Å². The number of nitrogens with zero attached hydrogens (tertiary/aromatic N) is 3. The van der Waals surface area contributed by atoms with Crippen molar-refractivity contribution in [1.29, 1.82) is 0 Å². The number of esters is 1. The highest BCUT2D eigenvalue weighted by Crippen LogP contribution is 2.21. The standard InChI is InChI=1S/C11H13N3O3/c1-3-17-10(15)6-8-7(2)13-9-4-5-12-14(9)11(8)16/h4-5,16H,3,6H2,1-2H3. The molecule has 0 radical (unpaired) electrons. The molecule has 90 valence electrons. The predicted molar refractivity (Wildman–Crippen MR) is 59.7 cm³/mol. The summed E-state index contributed by atoms with van der Waals surface area (Å²) in [7, 11) is 0. The van der Waals surface area contributed by atoms with Gasteiger partial charge in [0.1, 0.15) is 0 Å². The second-order valence-electron chi connectivity index (χ2n) is 3.58. The smallest absolute Gasteiger partial charge is 0.310 e. The lowest BCUT2D eigenvalue weighted by Crippen LogP contribution is -2.11. The molecule has 0 aliphatic carbocycles. The molecule has 2 rings (SSSR count). The summed E-state index contributed by atoms with van der Waals surface area (Å²) in [6, 6.07) is 1.68. The number of rotatable bonds is 3. The topological polar surface area (TPSA) is 76.7 Å². The number of carbonyl (C=O) groups is 1. The van der Waals surface area contributed by atoms with Gasteiger partial charge in [0.05, 0.1) is 19.2 Å². The number of aromatic nitrogens is 3. The van der Waals surface area contributed by atoms with Gasteiger partial charge in [-0.2, -0.15) is 9.61 Å². The summed E-state index contributed by atoms with van der Waals surface area (Å²) in [6.07, 6.45) is 1.53. The molecule has 0 spiro atoms. The van der Waals surface area contributed by atoms with Crippen molar-refractivity contribution in [3.8, 4) is 5.88 Å². The molecular weight excluding hydrogens is 222 g/mol. The van der Waals surface area contributed by atoms with Crippen LogP contribution in [-0.2, 0) is 16.0 Å². The molecule has 1 N–H and O–H groups in total. The zero-order chi connectivity index (χ0) is 12.4. The Morgan fingerprint density at radius 1 is 1.59 bits per heavy atom. The zero-order valence-corrected chi connectivity index (χ0v) is 9.67. The number of ether oxygens (including phenoxy) is 1. The number of hydrogen-bond acceptors (Lipinski definition) is 5. The van der Waals surface area contributed by atoms with Gasteiger partial charge in [0.25, 0.3) is 0 Å². The van der Waals surface area contributed by atoms with E-state index in [0.717, 1.165) is 0 Å². The van der Waals surface area contributed by atoms with Crippen LogP contribution in [0.2, 0.25) is 0 Å². The van der Waals surface area contributed by atoms with E-state index in [1.165, 1.54) is 10.7 Å². The highest BCUT2D eigenvalue weighted by molar-refractivity contribution is 5.73. The van der Waals surface area contributed by atoms with Gasteiger partial charge in [-0.1, -0.05) is 0 Å². The van der Waals surface area contributed by atoms with E-state index in [4.69, 9.17) is 4.74 Å². The maximum absolute atomic E-state index is 11.4. The van der Waals surface area contributed by atoms with Gasteiger partial charge in [0.15, 0.2) is 5.65 Å². The van der Waals surface area contributed by atoms with Crippen molar-refractivity contribution in [2.45, 2.75) is 20.3 Å². The largest absolute Gasteiger partial charge is 0.493 e. The molecule has 0 unspecified atom stereocenters. The summed E-state index contributed by atoms with van der Waals surface area (Å²) in [5.41, 5.74) is 1.59. The van der Waals surface area contributed by atoms with Gasteiger partial charge in [-0.15, -0.1) is 0 Å². The van der Waals surface area contributed by atoms with Crippen LogP contribution in [0.4, 0.5) is 0 Å². The monoisotopic (exact) mass is 235 g/mol. The van der Waals surface area contributed by atoms with Crippen molar-refractivity contribution < 1.29 is 14.6 Å². The average molecular weight is 235 g/mol. The third kappa shape index (κ3) is 2.06. The molecule has 0 aliphatic rings. The lowest BCUT2D eigenvalue weighted by Gasteiger charge is -2.08. The minimum atomic E-state index is -0.390. The second kappa shape index (κ2) is 4.40. The van der Waals surface area contributed by atoms with Crippen LogP contribution in [0, 0.1) is 6.92 Å². The Morgan fingerprint density at radius 2 is 2.35 bits per heavy atom. The van der Waals surface area contributed by atoms with Gasteiger partial charge in [0.2, 0.25) is 5.88 Å². The van der Waals surface area contributed by atoms with Crippen LogP contribution in [0.15, 0.2) is 12.3 Å². The van der Waals surface area contributed by atoms with Crippen molar-refractivity contribution >= 4 is 11.6 Å². The summed E-state index contributed by atoms with van der Waals surface area (Å²) < 4.78 is 6.14. The molecule has 0 amide bonds. The first-order chi connectivity index (χ1) is 8.13. The molecule has 17 heavy (non-hydrogen) atoms. The molecule has 0 aromatic carbocycles. The maximum atomic E-state index is 11.4. The van der Waals surface area contributed by atoms with E-state index >= 15 is 0 Å². The van der Waals surface area contributed by atoms with Crippen LogP contribution in [-0.4, -0.2) is 32.3 Å². The fourth-order valence-electron chi connectivity index (χ4n) is 1.64. The first kappa shape index (κ1) is 11.4. The van der Waals surface area contributed by atoms with E-state index in [1.54, 1.807) is 19.9 Å². The summed E-state index contributed by atoms with van der Waals surface area (Å²) in [5, 5.41) is 13.9. The SMILES string of the molecule is CCOC(=O)Cc1c(C)nc2ccnn2c1O. The number of hydrogen-bond donors (Lipinski definition) is 1. The van der Waals surface area contributed by atoms with E-state index in [1.807, 2.05) is 0 Å². The molecule has 2 aromatic heterocycles. The molecule has 0 fully saturated rings. The Labute approximate surface area is 97.9 Å². The quantitative estimate of drug-likeness (QED) is 0.798. The van der Waals surface area contributed by atoms with Gasteiger partial charge in [-0.25, -0.2) is 4.98 Å². The van der Waals surface area contributed by atoms with Crippen LogP contribution in [0.3, 0.4) is 0 Å². The number of aryl methyl sites for hydroxylation is 1. The highest BCUT2D eigenvalue weighted by atomic mass is 16.5. The Bertz CT molecular complexity index is 562. The maximum Gasteiger partial charge on any atom is 0.310 e. The highest BCUT2D eigenvalue weighted by Gasteiger charge is 2.16. The van der Waals surface area contributed by atoms with Gasteiger partial charge in [0, 0.05) is 17.3 Å². The lowest BCUT2D eigenvalue weighted by atomic mass is 10.1. The Balaban J connectivity index is 2.42. The molecule has 0 saturated heterocycles. The van der Waals surface area contributed by atoms with Crippen LogP contribution in [0.1, 0.15) is 18.2 Å². The van der Waals surface area contributed by atoms with Gasteiger partial charge in [-0.3, -0.25) is 4.79 Å². The van der Waals surface area contributed by atoms with E-state index in [0.29, 0.717) is 23.5 Å². The molecule has 6 heteroatoms. The first-order valence-electron chi connectivity index (χ1n) is 5.31.